The molecule has 0 radical (unpaired) electrons. The Balaban J connectivity index is 0. The van der Waals surface area contributed by atoms with Crippen LogP contribution < -0.4 is 11.5 Å². The van der Waals surface area contributed by atoms with Gasteiger partial charge in [0.2, 0.25) is 0 Å². The Labute approximate surface area is 155 Å². The number of hydrogen-bond donors (Lipinski definition) is 4. The molecule has 0 aromatic heterocycles. The molecule has 7 nitrogen and oxygen atoms in total. The fourth-order valence-electron chi connectivity index (χ4n) is 2.19. The highest BCUT2D eigenvalue weighted by molar-refractivity contribution is 5.75. The van der Waals surface area contributed by atoms with Gasteiger partial charge in [-0.25, -0.2) is 0 Å². The molecule has 0 bridgehead atoms. The number of rotatable bonds is 9. The lowest BCUT2D eigenvalue weighted by atomic mass is 9.97. The van der Waals surface area contributed by atoms with Crippen molar-refractivity contribution < 1.29 is 25.3 Å². The van der Waals surface area contributed by atoms with E-state index in [-0.39, 0.29) is 5.48 Å². The molecule has 7 heteroatoms. The molecule has 8 N–H and O–H groups in total. The van der Waals surface area contributed by atoms with Crippen molar-refractivity contribution in [2.75, 3.05) is 6.54 Å². The first kappa shape index (κ1) is 26.3. The second-order valence-electron chi connectivity index (χ2n) is 6.63. The number of carboxylic acid groups (broad SMARTS) is 2. The number of unbranched alkanes of at least 4 members (excludes halogenated alkanes) is 1. The van der Waals surface area contributed by atoms with Crippen LogP contribution in [0.4, 0.5) is 0 Å². The average molecular weight is 370 g/mol. The minimum Gasteiger partial charge on any atom is -0.481 e. The maximum atomic E-state index is 10.8. The van der Waals surface area contributed by atoms with Crippen molar-refractivity contribution in [3.05, 3.63) is 35.4 Å². The second kappa shape index (κ2) is 14.2. The summed E-state index contributed by atoms with van der Waals surface area (Å²) < 4.78 is 0. The zero-order chi connectivity index (χ0) is 19.4. The van der Waals surface area contributed by atoms with Crippen LogP contribution in [-0.4, -0.2) is 40.2 Å². The summed E-state index contributed by atoms with van der Waals surface area (Å²) >= 11 is 0. The van der Waals surface area contributed by atoms with E-state index in [9.17, 15) is 9.59 Å². The van der Waals surface area contributed by atoms with Gasteiger partial charge in [0.05, 0.1) is 5.92 Å². The van der Waals surface area contributed by atoms with Crippen LogP contribution in [0.3, 0.4) is 0 Å². The lowest BCUT2D eigenvalue weighted by Crippen LogP contribution is -2.29. The van der Waals surface area contributed by atoms with Crippen LogP contribution in [0.1, 0.15) is 57.1 Å². The predicted octanol–water partition coefficient (Wildman–Crippen LogP) is 1.78. The molecular formula is C19H34N2O5. The van der Waals surface area contributed by atoms with Gasteiger partial charge in [-0.3, -0.25) is 9.59 Å². The lowest BCUT2D eigenvalue weighted by Gasteiger charge is -2.09. The molecule has 0 amide bonds. The molecule has 0 saturated heterocycles. The van der Waals surface area contributed by atoms with Crippen LogP contribution >= 0.6 is 0 Å². The molecule has 2 atom stereocenters. The van der Waals surface area contributed by atoms with Gasteiger partial charge in [-0.2, -0.15) is 0 Å². The summed E-state index contributed by atoms with van der Waals surface area (Å²) in [5.41, 5.74) is 12.6. The Bertz CT molecular complexity index is 517. The molecule has 0 aliphatic carbocycles. The topological polar surface area (TPSA) is 158 Å². The largest absolute Gasteiger partial charge is 0.481 e. The highest BCUT2D eigenvalue weighted by Crippen LogP contribution is 2.17. The molecule has 0 aliphatic heterocycles. The van der Waals surface area contributed by atoms with E-state index >= 15 is 0 Å². The second-order valence-corrected chi connectivity index (χ2v) is 6.63. The summed E-state index contributed by atoms with van der Waals surface area (Å²) in [6, 6.07) is 7.16. The van der Waals surface area contributed by atoms with Crippen molar-refractivity contribution in [2.24, 2.45) is 17.4 Å². The minimum atomic E-state index is -0.933. The fraction of sp³-hybridized carbons (Fsp3) is 0.579. The van der Waals surface area contributed by atoms with Crippen molar-refractivity contribution in [2.45, 2.75) is 58.4 Å². The number of hydrogen-bond acceptors (Lipinski definition) is 4. The standard InChI is InChI=1S/C13H18O2.C6H14N2O2.H2O/c1-9(2)8-11-4-6-12(7-5-11)10(3)13(14)15;7-4-2-1-3-5(8)6(9)10;/h4-7,9-10H,8H2,1-3H3,(H,14,15);5H,1-4,7-8H2,(H,9,10);1H2. The van der Waals surface area contributed by atoms with E-state index in [2.05, 4.69) is 13.8 Å². The van der Waals surface area contributed by atoms with E-state index in [1.54, 1.807) is 6.92 Å². The molecule has 26 heavy (non-hydrogen) atoms. The third-order valence-electron chi connectivity index (χ3n) is 3.78. The first-order valence-corrected chi connectivity index (χ1v) is 8.69. The van der Waals surface area contributed by atoms with Gasteiger partial charge in [-0.1, -0.05) is 44.5 Å². The Hall–Kier alpha value is -1.96. The third kappa shape index (κ3) is 11.6. The van der Waals surface area contributed by atoms with Crippen molar-refractivity contribution >= 4 is 11.9 Å². The van der Waals surface area contributed by atoms with Crippen molar-refractivity contribution in [1.82, 2.24) is 0 Å². The molecule has 0 aliphatic rings. The van der Waals surface area contributed by atoms with Gasteiger partial charge >= 0.3 is 11.9 Å². The van der Waals surface area contributed by atoms with E-state index in [1.165, 1.54) is 5.56 Å². The van der Waals surface area contributed by atoms with Crippen LogP contribution in [0.5, 0.6) is 0 Å². The van der Waals surface area contributed by atoms with Crippen LogP contribution in [0.2, 0.25) is 0 Å². The summed E-state index contributed by atoms with van der Waals surface area (Å²) in [5.74, 6) is -1.49. The Morgan fingerprint density at radius 2 is 1.54 bits per heavy atom. The number of aliphatic carboxylic acids is 2. The zero-order valence-electron chi connectivity index (χ0n) is 15.9. The van der Waals surface area contributed by atoms with E-state index in [0.29, 0.717) is 18.9 Å². The maximum Gasteiger partial charge on any atom is 0.320 e. The fourth-order valence-corrected chi connectivity index (χ4v) is 2.19. The van der Waals surface area contributed by atoms with Gasteiger partial charge in [0.25, 0.3) is 0 Å². The normalized spacial score (nSPS) is 12.4. The van der Waals surface area contributed by atoms with Gasteiger partial charge in [-0.15, -0.1) is 0 Å². The van der Waals surface area contributed by atoms with E-state index in [1.807, 2.05) is 24.3 Å². The van der Waals surface area contributed by atoms with Gasteiger partial charge in [0.15, 0.2) is 0 Å². The Kier molecular flexibility index (Phi) is 14.4. The summed E-state index contributed by atoms with van der Waals surface area (Å²) in [6.45, 7) is 6.66. The van der Waals surface area contributed by atoms with Crippen molar-refractivity contribution in [3.63, 3.8) is 0 Å². The third-order valence-corrected chi connectivity index (χ3v) is 3.78. The number of nitrogens with two attached hydrogens (primary N) is 2. The minimum absolute atomic E-state index is 0. The van der Waals surface area contributed by atoms with Gasteiger partial charge < -0.3 is 27.2 Å². The molecule has 150 valence electrons. The molecule has 0 fully saturated rings. The summed E-state index contributed by atoms with van der Waals surface area (Å²) in [5, 5.41) is 17.2. The van der Waals surface area contributed by atoms with Crippen LogP contribution in [0.15, 0.2) is 24.3 Å². The van der Waals surface area contributed by atoms with Crippen LogP contribution in [0, 0.1) is 5.92 Å². The lowest BCUT2D eigenvalue weighted by molar-refractivity contribution is -0.139. The molecule has 0 spiro atoms. The quantitative estimate of drug-likeness (QED) is 0.485. The predicted molar refractivity (Wildman–Crippen MR) is 103 cm³/mol. The summed E-state index contributed by atoms with van der Waals surface area (Å²) in [7, 11) is 0. The Morgan fingerprint density at radius 1 is 1.00 bits per heavy atom. The molecular weight excluding hydrogens is 336 g/mol. The van der Waals surface area contributed by atoms with Gasteiger partial charge in [0, 0.05) is 0 Å². The zero-order valence-corrected chi connectivity index (χ0v) is 15.9. The highest BCUT2D eigenvalue weighted by Gasteiger charge is 2.13. The number of benzene rings is 1. The van der Waals surface area contributed by atoms with E-state index < -0.39 is 23.9 Å². The molecule has 0 heterocycles. The molecule has 1 aromatic carbocycles. The summed E-state index contributed by atoms with van der Waals surface area (Å²) in [4.78, 5) is 20.9. The highest BCUT2D eigenvalue weighted by atomic mass is 16.4. The Morgan fingerprint density at radius 3 is 1.92 bits per heavy atom. The number of carbonyl (C=O) groups is 2. The van der Waals surface area contributed by atoms with Crippen LogP contribution in [0.25, 0.3) is 0 Å². The summed E-state index contributed by atoms with van der Waals surface area (Å²) in [6.07, 6.45) is 3.21. The first-order valence-electron chi connectivity index (χ1n) is 8.69. The average Bonchev–Trinajstić information content (AvgIpc) is 2.55. The molecule has 1 aromatic rings. The first-order chi connectivity index (χ1) is 11.7. The SMILES string of the molecule is CC(C)Cc1ccc(C(C)C(=O)O)cc1.NCCCCC(N)C(=O)O.O. The van der Waals surface area contributed by atoms with Gasteiger partial charge in [0.1, 0.15) is 6.04 Å². The van der Waals surface area contributed by atoms with Crippen LogP contribution in [-0.2, 0) is 16.0 Å². The van der Waals surface area contributed by atoms with Crippen molar-refractivity contribution in [3.8, 4) is 0 Å². The van der Waals surface area contributed by atoms with E-state index in [4.69, 9.17) is 21.7 Å². The molecule has 2 unspecified atom stereocenters. The van der Waals surface area contributed by atoms with Crippen molar-refractivity contribution in [1.29, 1.82) is 0 Å². The van der Waals surface area contributed by atoms with Gasteiger partial charge in [-0.05, 0) is 49.8 Å². The van der Waals surface area contributed by atoms with E-state index in [0.717, 1.165) is 24.8 Å². The smallest absolute Gasteiger partial charge is 0.320 e. The monoisotopic (exact) mass is 370 g/mol. The molecule has 1 rings (SSSR count). The molecule has 0 saturated carbocycles. The number of carboxylic acids is 2. The maximum absolute atomic E-state index is 10.8.